The van der Waals surface area contributed by atoms with Crippen LogP contribution >= 0.6 is 0 Å². The molecule has 122 valence electrons. The number of nitrogens with zero attached hydrogens (tertiary/aromatic N) is 3. The minimum absolute atomic E-state index is 0.00645. The van der Waals surface area contributed by atoms with Gasteiger partial charge < -0.3 is 14.5 Å². The van der Waals surface area contributed by atoms with E-state index in [4.69, 9.17) is 0 Å². The smallest absolute Gasteiger partial charge is 0.345 e. The lowest BCUT2D eigenvalue weighted by Crippen LogP contribution is -2.31. The van der Waals surface area contributed by atoms with Crippen molar-refractivity contribution in [2.24, 2.45) is 7.05 Å². The average Bonchev–Trinajstić information content (AvgIpc) is 3.20. The first-order chi connectivity index (χ1) is 11.6. The maximum Gasteiger partial charge on any atom is 0.345 e. The zero-order valence-electron chi connectivity index (χ0n) is 13.4. The number of rotatable bonds is 2. The molecule has 3 heterocycles. The number of amides is 1. The van der Waals surface area contributed by atoms with E-state index >= 15 is 0 Å². The summed E-state index contributed by atoms with van der Waals surface area (Å²) in [7, 11) is 1.95. The van der Waals surface area contributed by atoms with Crippen LogP contribution in [0.5, 0.6) is 0 Å². The van der Waals surface area contributed by atoms with Crippen LogP contribution in [0, 0.1) is 0 Å². The number of nitrogens with one attached hydrogen (secondary N) is 1. The Balaban J connectivity index is 1.74. The van der Waals surface area contributed by atoms with Crippen LogP contribution < -0.4 is 5.69 Å². The fraction of sp³-hybridized carbons (Fsp3) is 0.278. The van der Waals surface area contributed by atoms with Gasteiger partial charge in [0.15, 0.2) is 0 Å². The summed E-state index contributed by atoms with van der Waals surface area (Å²) < 4.78 is 1.97. The first-order valence-electron chi connectivity index (χ1n) is 8.05. The Bertz CT molecular complexity index is 972. The molecule has 6 nitrogen and oxygen atoms in total. The molecule has 0 unspecified atom stereocenters. The molecule has 1 fully saturated rings. The molecule has 0 aliphatic carbocycles. The van der Waals surface area contributed by atoms with Crippen molar-refractivity contribution in [2.45, 2.75) is 18.9 Å². The third kappa shape index (κ3) is 2.31. The topological polar surface area (TPSA) is 71.0 Å². The summed E-state index contributed by atoms with van der Waals surface area (Å²) in [5.74, 6) is 0.00645. The SMILES string of the molecule is Cn1cc(C(=O)N2CCC[C@H]2c2ccnc(=O)[nH]2)c2ccccc21. The van der Waals surface area contributed by atoms with E-state index in [9.17, 15) is 9.59 Å². The molecule has 1 aromatic carbocycles. The predicted octanol–water partition coefficient (Wildman–Crippen LogP) is 2.24. The Morgan fingerprint density at radius 1 is 1.29 bits per heavy atom. The molecular weight excluding hydrogens is 304 g/mol. The molecule has 4 rings (SSSR count). The van der Waals surface area contributed by atoms with E-state index in [0.717, 1.165) is 29.4 Å². The molecule has 0 radical (unpaired) electrons. The zero-order valence-corrected chi connectivity index (χ0v) is 13.4. The molecule has 0 saturated carbocycles. The van der Waals surface area contributed by atoms with Crippen molar-refractivity contribution in [3.05, 3.63) is 64.5 Å². The van der Waals surface area contributed by atoms with Gasteiger partial charge in [0, 0.05) is 42.6 Å². The summed E-state index contributed by atoms with van der Waals surface area (Å²) in [5, 5.41) is 0.957. The van der Waals surface area contributed by atoms with E-state index in [2.05, 4.69) is 9.97 Å². The standard InChI is InChI=1S/C18H18N4O2/c1-21-11-13(12-5-2-3-6-15(12)21)17(23)22-10-4-7-16(22)14-8-9-19-18(24)20-14/h2-3,5-6,8-9,11,16H,4,7,10H2,1H3,(H,19,20,24)/t16-/m0/s1. The molecule has 2 aromatic heterocycles. The Morgan fingerprint density at radius 3 is 2.96 bits per heavy atom. The number of hydrogen-bond donors (Lipinski definition) is 1. The molecule has 24 heavy (non-hydrogen) atoms. The van der Waals surface area contributed by atoms with Gasteiger partial charge in [-0.1, -0.05) is 18.2 Å². The number of aromatic amines is 1. The summed E-state index contributed by atoms with van der Waals surface area (Å²) in [6.07, 6.45) is 5.15. The summed E-state index contributed by atoms with van der Waals surface area (Å²) >= 11 is 0. The van der Waals surface area contributed by atoms with Gasteiger partial charge in [-0.25, -0.2) is 9.78 Å². The van der Waals surface area contributed by atoms with Gasteiger partial charge in [-0.2, -0.15) is 0 Å². The van der Waals surface area contributed by atoms with Crippen molar-refractivity contribution < 1.29 is 4.79 Å². The normalized spacial score (nSPS) is 17.5. The number of aromatic nitrogens is 3. The van der Waals surface area contributed by atoms with Crippen LogP contribution in [0.1, 0.15) is 34.9 Å². The highest BCUT2D eigenvalue weighted by atomic mass is 16.2. The van der Waals surface area contributed by atoms with Crippen LogP contribution in [0.4, 0.5) is 0 Å². The maximum absolute atomic E-state index is 13.1. The Hall–Kier alpha value is -2.89. The fourth-order valence-electron chi connectivity index (χ4n) is 3.58. The van der Waals surface area contributed by atoms with E-state index < -0.39 is 0 Å². The Labute approximate surface area is 138 Å². The van der Waals surface area contributed by atoms with Crippen molar-refractivity contribution in [2.75, 3.05) is 6.54 Å². The second-order valence-corrected chi connectivity index (χ2v) is 6.16. The van der Waals surface area contributed by atoms with Gasteiger partial charge in [-0.15, -0.1) is 0 Å². The molecule has 3 aromatic rings. The number of likely N-dealkylation sites (tertiary alicyclic amines) is 1. The van der Waals surface area contributed by atoms with Gasteiger partial charge in [0.2, 0.25) is 0 Å². The van der Waals surface area contributed by atoms with Crippen LogP contribution in [0.15, 0.2) is 47.5 Å². The number of fused-ring (bicyclic) bond motifs is 1. The molecule has 1 atom stereocenters. The lowest BCUT2D eigenvalue weighted by molar-refractivity contribution is 0.0734. The molecule has 1 aliphatic rings. The van der Waals surface area contributed by atoms with Crippen molar-refractivity contribution in [1.29, 1.82) is 0 Å². The largest absolute Gasteiger partial charge is 0.350 e. The van der Waals surface area contributed by atoms with Crippen molar-refractivity contribution in [1.82, 2.24) is 19.4 Å². The molecule has 0 spiro atoms. The van der Waals surface area contributed by atoms with Gasteiger partial charge in [0.1, 0.15) is 0 Å². The van der Waals surface area contributed by atoms with Gasteiger partial charge in [-0.3, -0.25) is 4.79 Å². The molecule has 0 bridgehead atoms. The predicted molar refractivity (Wildman–Crippen MR) is 90.8 cm³/mol. The van der Waals surface area contributed by atoms with Crippen molar-refractivity contribution >= 4 is 16.8 Å². The molecule has 1 N–H and O–H groups in total. The van der Waals surface area contributed by atoms with E-state index in [1.165, 1.54) is 6.20 Å². The van der Waals surface area contributed by atoms with Gasteiger partial charge in [-0.05, 0) is 25.0 Å². The highest BCUT2D eigenvalue weighted by Crippen LogP contribution is 2.33. The number of hydrogen-bond acceptors (Lipinski definition) is 3. The van der Waals surface area contributed by atoms with E-state index in [0.29, 0.717) is 12.1 Å². The van der Waals surface area contributed by atoms with E-state index in [1.807, 2.05) is 47.0 Å². The highest BCUT2D eigenvalue weighted by Gasteiger charge is 2.32. The molecule has 1 saturated heterocycles. The number of H-pyrrole nitrogens is 1. The Kier molecular flexibility index (Phi) is 3.45. The van der Waals surface area contributed by atoms with Crippen LogP contribution in [-0.4, -0.2) is 31.9 Å². The highest BCUT2D eigenvalue weighted by molar-refractivity contribution is 6.07. The molecule has 1 amide bonds. The third-order valence-electron chi connectivity index (χ3n) is 4.70. The Morgan fingerprint density at radius 2 is 2.12 bits per heavy atom. The number of carbonyl (C=O) groups is 1. The van der Waals surface area contributed by atoms with Crippen LogP contribution in [-0.2, 0) is 7.05 Å². The maximum atomic E-state index is 13.1. The second kappa shape index (κ2) is 5.63. The molecular formula is C18H18N4O2. The number of carbonyl (C=O) groups excluding carboxylic acids is 1. The van der Waals surface area contributed by atoms with Crippen LogP contribution in [0.25, 0.3) is 10.9 Å². The summed E-state index contributed by atoms with van der Waals surface area (Å²) in [5.41, 5.74) is 2.11. The third-order valence-corrected chi connectivity index (χ3v) is 4.70. The average molecular weight is 322 g/mol. The number of para-hydroxylation sites is 1. The number of aryl methyl sites for hydroxylation is 1. The summed E-state index contributed by atoms with van der Waals surface area (Å²) in [6.45, 7) is 0.692. The minimum Gasteiger partial charge on any atom is -0.350 e. The van der Waals surface area contributed by atoms with Crippen molar-refractivity contribution in [3.63, 3.8) is 0 Å². The van der Waals surface area contributed by atoms with Crippen LogP contribution in [0.2, 0.25) is 0 Å². The fourth-order valence-corrected chi connectivity index (χ4v) is 3.58. The summed E-state index contributed by atoms with van der Waals surface area (Å²) in [4.78, 5) is 32.9. The summed E-state index contributed by atoms with van der Waals surface area (Å²) in [6, 6.07) is 9.57. The second-order valence-electron chi connectivity index (χ2n) is 6.16. The number of benzene rings is 1. The first-order valence-corrected chi connectivity index (χ1v) is 8.05. The van der Waals surface area contributed by atoms with Gasteiger partial charge in [0.05, 0.1) is 11.6 Å². The first kappa shape index (κ1) is 14.7. The molecule has 6 heteroatoms. The molecule has 1 aliphatic heterocycles. The lowest BCUT2D eigenvalue weighted by Gasteiger charge is -2.24. The minimum atomic E-state index is -0.378. The van der Waals surface area contributed by atoms with Gasteiger partial charge >= 0.3 is 5.69 Å². The van der Waals surface area contributed by atoms with Gasteiger partial charge in [0.25, 0.3) is 5.91 Å². The van der Waals surface area contributed by atoms with E-state index in [1.54, 1.807) is 6.07 Å². The lowest BCUT2D eigenvalue weighted by atomic mass is 10.1. The van der Waals surface area contributed by atoms with Crippen LogP contribution in [0.3, 0.4) is 0 Å². The quantitative estimate of drug-likeness (QED) is 0.786. The zero-order chi connectivity index (χ0) is 16.7. The van der Waals surface area contributed by atoms with Crippen molar-refractivity contribution in [3.8, 4) is 0 Å². The van der Waals surface area contributed by atoms with E-state index in [-0.39, 0.29) is 17.6 Å². The monoisotopic (exact) mass is 322 g/mol.